The molecular formula is C14H10F4. The summed E-state index contributed by atoms with van der Waals surface area (Å²) in [5, 5.41) is 0. The first-order chi connectivity index (χ1) is 8.63. The predicted octanol–water partition coefficient (Wildman–Crippen LogP) is 4.59. The molecule has 1 aliphatic rings. The van der Waals surface area contributed by atoms with E-state index in [1.807, 2.05) is 0 Å². The van der Waals surface area contributed by atoms with Crippen LogP contribution in [0.5, 0.6) is 0 Å². The first kappa shape index (κ1) is 12.6. The minimum absolute atomic E-state index is 0.0573. The van der Waals surface area contributed by atoms with Gasteiger partial charge in [0.2, 0.25) is 0 Å². The highest BCUT2D eigenvalue weighted by atomic mass is 19.1. The zero-order chi connectivity index (χ0) is 13.1. The van der Waals surface area contributed by atoms with Gasteiger partial charge in [0.15, 0.2) is 0 Å². The Labute approximate surface area is 102 Å². The van der Waals surface area contributed by atoms with Crippen molar-refractivity contribution >= 4 is 11.6 Å². The van der Waals surface area contributed by atoms with Crippen molar-refractivity contribution in [3.8, 4) is 0 Å². The Kier molecular flexibility index (Phi) is 3.65. The molecule has 1 unspecified atom stereocenters. The van der Waals surface area contributed by atoms with Gasteiger partial charge < -0.3 is 0 Å². The second-order valence-electron chi connectivity index (χ2n) is 3.90. The monoisotopic (exact) mass is 254 g/mol. The van der Waals surface area contributed by atoms with Crippen LogP contribution in [0.25, 0.3) is 11.6 Å². The molecule has 0 heterocycles. The molecule has 0 aliphatic heterocycles. The summed E-state index contributed by atoms with van der Waals surface area (Å²) in [6.07, 6.45) is 4.40. The van der Waals surface area contributed by atoms with E-state index in [-0.39, 0.29) is 23.9 Å². The summed E-state index contributed by atoms with van der Waals surface area (Å²) < 4.78 is 52.7. The molecule has 0 N–H and O–H groups in total. The molecule has 0 saturated carbocycles. The van der Waals surface area contributed by atoms with Gasteiger partial charge in [-0.05, 0) is 29.3 Å². The van der Waals surface area contributed by atoms with Crippen molar-refractivity contribution in [2.75, 3.05) is 0 Å². The van der Waals surface area contributed by atoms with Crippen LogP contribution in [-0.2, 0) is 0 Å². The molecule has 0 bridgehead atoms. The summed E-state index contributed by atoms with van der Waals surface area (Å²) >= 11 is 0. The van der Waals surface area contributed by atoms with Gasteiger partial charge in [0, 0.05) is 12.0 Å². The van der Waals surface area contributed by atoms with Crippen LogP contribution < -0.4 is 0 Å². The highest BCUT2D eigenvalue weighted by molar-refractivity contribution is 5.72. The number of hydrogen-bond acceptors (Lipinski definition) is 0. The molecule has 0 saturated heterocycles. The highest BCUT2D eigenvalue weighted by Gasteiger charge is 2.18. The molecule has 1 aliphatic carbocycles. The van der Waals surface area contributed by atoms with Crippen LogP contribution >= 0.6 is 0 Å². The van der Waals surface area contributed by atoms with Crippen LogP contribution in [0, 0.1) is 11.6 Å². The van der Waals surface area contributed by atoms with Crippen molar-refractivity contribution in [1.82, 2.24) is 0 Å². The van der Waals surface area contributed by atoms with Crippen molar-refractivity contribution < 1.29 is 17.6 Å². The van der Waals surface area contributed by atoms with Crippen LogP contribution in [0.3, 0.4) is 0 Å². The zero-order valence-corrected chi connectivity index (χ0v) is 9.34. The molecule has 1 atom stereocenters. The summed E-state index contributed by atoms with van der Waals surface area (Å²) in [5.41, 5.74) is -0.104. The smallest absolute Gasteiger partial charge is 0.134 e. The second-order valence-corrected chi connectivity index (χ2v) is 3.90. The summed E-state index contributed by atoms with van der Waals surface area (Å²) in [5.74, 6) is -1.83. The Morgan fingerprint density at radius 2 is 1.83 bits per heavy atom. The molecule has 0 radical (unpaired) electrons. The Balaban J connectivity index is 2.48. The van der Waals surface area contributed by atoms with E-state index in [0.717, 1.165) is 12.1 Å². The molecule has 1 aromatic carbocycles. The van der Waals surface area contributed by atoms with E-state index in [0.29, 0.717) is 6.08 Å². The third kappa shape index (κ3) is 2.37. The average molecular weight is 254 g/mol. The van der Waals surface area contributed by atoms with Gasteiger partial charge in [0.25, 0.3) is 0 Å². The molecule has 0 amide bonds. The third-order valence-electron chi connectivity index (χ3n) is 2.73. The van der Waals surface area contributed by atoms with Crippen molar-refractivity contribution in [1.29, 1.82) is 0 Å². The standard InChI is InChI=1S/C14H10F4/c15-6-5-11-13(17)7-9(8-14(11)18)10-3-1-2-4-12(10)16/h1-3,5-8,12H,4H2/b6-5+. The Hall–Kier alpha value is -1.84. The average Bonchev–Trinajstić information content (AvgIpc) is 2.34. The molecule has 1 aromatic rings. The summed E-state index contributed by atoms with van der Waals surface area (Å²) in [6.45, 7) is 0. The Morgan fingerprint density at radius 3 is 2.39 bits per heavy atom. The fourth-order valence-electron chi connectivity index (χ4n) is 1.85. The summed E-state index contributed by atoms with van der Waals surface area (Å²) in [6, 6.07) is 2.02. The highest BCUT2D eigenvalue weighted by Crippen LogP contribution is 2.29. The van der Waals surface area contributed by atoms with E-state index in [1.165, 1.54) is 6.08 Å². The molecule has 94 valence electrons. The van der Waals surface area contributed by atoms with Gasteiger partial charge in [-0.3, -0.25) is 0 Å². The van der Waals surface area contributed by atoms with E-state index in [2.05, 4.69) is 0 Å². The van der Waals surface area contributed by atoms with Gasteiger partial charge in [-0.25, -0.2) is 17.6 Å². The fraction of sp³-hybridized carbons (Fsp3) is 0.143. The quantitative estimate of drug-likeness (QED) is 0.677. The van der Waals surface area contributed by atoms with Crippen LogP contribution in [-0.4, -0.2) is 6.17 Å². The van der Waals surface area contributed by atoms with Crippen LogP contribution in [0.4, 0.5) is 17.6 Å². The number of halogens is 4. The minimum atomic E-state index is -1.28. The number of allylic oxidation sites excluding steroid dienone is 4. The largest absolute Gasteiger partial charge is 0.242 e. The van der Waals surface area contributed by atoms with Crippen LogP contribution in [0.2, 0.25) is 0 Å². The lowest BCUT2D eigenvalue weighted by Crippen LogP contribution is -2.06. The van der Waals surface area contributed by atoms with E-state index in [1.54, 1.807) is 12.2 Å². The fourth-order valence-corrected chi connectivity index (χ4v) is 1.85. The molecule has 0 spiro atoms. The lowest BCUT2D eigenvalue weighted by atomic mass is 9.94. The molecule has 0 aromatic heterocycles. The van der Waals surface area contributed by atoms with Gasteiger partial charge in [0.05, 0.1) is 6.33 Å². The molecule has 0 fully saturated rings. The maximum Gasteiger partial charge on any atom is 0.134 e. The first-order valence-electron chi connectivity index (χ1n) is 5.40. The van der Waals surface area contributed by atoms with Gasteiger partial charge >= 0.3 is 0 Å². The van der Waals surface area contributed by atoms with E-state index < -0.39 is 23.4 Å². The predicted molar refractivity (Wildman–Crippen MR) is 63.1 cm³/mol. The lowest BCUT2D eigenvalue weighted by molar-refractivity contribution is 0.413. The topological polar surface area (TPSA) is 0 Å². The number of hydrogen-bond donors (Lipinski definition) is 0. The van der Waals surface area contributed by atoms with Crippen molar-refractivity contribution in [2.45, 2.75) is 12.6 Å². The van der Waals surface area contributed by atoms with Crippen molar-refractivity contribution in [3.63, 3.8) is 0 Å². The number of alkyl halides is 1. The third-order valence-corrected chi connectivity index (χ3v) is 2.73. The molecule has 4 heteroatoms. The maximum absolute atomic E-state index is 13.6. The van der Waals surface area contributed by atoms with Crippen LogP contribution in [0.1, 0.15) is 17.5 Å². The first-order valence-corrected chi connectivity index (χ1v) is 5.40. The lowest BCUT2D eigenvalue weighted by Gasteiger charge is -2.15. The molecular weight excluding hydrogens is 244 g/mol. The SMILES string of the molecule is F/C=C/c1c(F)cc(C2=CC=CCC2F)cc1F. The van der Waals surface area contributed by atoms with Crippen molar-refractivity contribution in [2.24, 2.45) is 0 Å². The number of rotatable bonds is 2. The Morgan fingerprint density at radius 1 is 1.17 bits per heavy atom. The van der Waals surface area contributed by atoms with Gasteiger partial charge in [-0.15, -0.1) is 0 Å². The van der Waals surface area contributed by atoms with Crippen molar-refractivity contribution in [3.05, 3.63) is 59.5 Å². The second kappa shape index (κ2) is 5.21. The van der Waals surface area contributed by atoms with Gasteiger partial charge in [-0.2, -0.15) is 0 Å². The molecule has 2 rings (SSSR count). The summed E-state index contributed by atoms with van der Waals surface area (Å²) in [7, 11) is 0. The Bertz CT molecular complexity index is 518. The minimum Gasteiger partial charge on any atom is -0.242 e. The number of benzene rings is 1. The van der Waals surface area contributed by atoms with E-state index in [9.17, 15) is 17.6 Å². The molecule has 18 heavy (non-hydrogen) atoms. The summed E-state index contributed by atoms with van der Waals surface area (Å²) in [4.78, 5) is 0. The van der Waals surface area contributed by atoms with E-state index >= 15 is 0 Å². The maximum atomic E-state index is 13.6. The normalized spacial score (nSPS) is 19.3. The van der Waals surface area contributed by atoms with Gasteiger partial charge in [0.1, 0.15) is 17.8 Å². The van der Waals surface area contributed by atoms with E-state index in [4.69, 9.17) is 0 Å². The zero-order valence-electron chi connectivity index (χ0n) is 9.34. The van der Waals surface area contributed by atoms with Crippen LogP contribution in [0.15, 0.2) is 36.7 Å². The molecule has 0 nitrogen and oxygen atoms in total. The van der Waals surface area contributed by atoms with Gasteiger partial charge in [-0.1, -0.05) is 18.2 Å².